The Kier molecular flexibility index (Phi) is 13.1. The van der Waals surface area contributed by atoms with Crippen molar-refractivity contribution in [3.63, 3.8) is 0 Å². The molecule has 0 N–H and O–H groups in total. The lowest BCUT2D eigenvalue weighted by atomic mass is 9.52. The molecule has 0 amide bonds. The van der Waals surface area contributed by atoms with E-state index >= 15 is 0 Å². The molecule has 0 aliphatic heterocycles. The monoisotopic (exact) mass is 654 g/mol. The van der Waals surface area contributed by atoms with E-state index in [9.17, 15) is 14.4 Å². The summed E-state index contributed by atoms with van der Waals surface area (Å²) in [6.07, 6.45) is 22.9. The van der Waals surface area contributed by atoms with E-state index in [2.05, 4.69) is 32.1 Å². The van der Waals surface area contributed by atoms with Gasteiger partial charge in [0.25, 0.3) is 0 Å². The van der Waals surface area contributed by atoms with Gasteiger partial charge in [0.05, 0.1) is 5.56 Å². The lowest BCUT2D eigenvalue weighted by molar-refractivity contribution is -0.155. The number of unbranched alkanes of at least 4 members (excludes halogenated alkanes) is 8. The number of hydrogen-bond acceptors (Lipinski definition) is 5. The van der Waals surface area contributed by atoms with Crippen LogP contribution in [0.1, 0.15) is 151 Å². The van der Waals surface area contributed by atoms with E-state index in [1.54, 1.807) is 12.1 Å². The molecule has 2 aromatic rings. The van der Waals surface area contributed by atoms with Crippen molar-refractivity contribution in [3.8, 4) is 5.75 Å². The lowest BCUT2D eigenvalue weighted by Crippen LogP contribution is -2.48. The number of hydrogen-bond donors (Lipinski definition) is 0. The van der Waals surface area contributed by atoms with Gasteiger partial charge in [0.15, 0.2) is 5.78 Å². The van der Waals surface area contributed by atoms with Crippen LogP contribution in [-0.4, -0.2) is 23.8 Å². The summed E-state index contributed by atoms with van der Waals surface area (Å²) in [5.74, 6) is 2.20. The number of allylic oxidation sites excluding steroid dienone is 2. The molecule has 0 radical (unpaired) electrons. The number of carbonyl (C=O) groups excluding carboxylic acids is 3. The molecule has 5 nitrogen and oxygen atoms in total. The minimum atomic E-state index is -0.339. The van der Waals surface area contributed by atoms with Crippen LogP contribution < -0.4 is 4.74 Å². The summed E-state index contributed by atoms with van der Waals surface area (Å²) >= 11 is 0. The average molecular weight is 655 g/mol. The van der Waals surface area contributed by atoms with Gasteiger partial charge >= 0.3 is 11.9 Å². The maximum absolute atomic E-state index is 12.8. The zero-order valence-corrected chi connectivity index (χ0v) is 29.7. The number of fused-ring (bicyclic) bond motifs is 5. The van der Waals surface area contributed by atoms with Gasteiger partial charge in [-0.1, -0.05) is 95.6 Å². The summed E-state index contributed by atoms with van der Waals surface area (Å²) in [7, 11) is 0. The van der Waals surface area contributed by atoms with Crippen LogP contribution in [-0.2, 0) is 20.7 Å². The summed E-state index contributed by atoms with van der Waals surface area (Å²) in [5.41, 5.74) is 3.21. The Balaban J connectivity index is 1.22. The van der Waals surface area contributed by atoms with E-state index in [0.717, 1.165) is 57.8 Å². The summed E-state index contributed by atoms with van der Waals surface area (Å²) < 4.78 is 11.8. The first-order valence-electron chi connectivity index (χ1n) is 19.1. The van der Waals surface area contributed by atoms with E-state index in [-0.39, 0.29) is 29.2 Å². The third-order valence-corrected chi connectivity index (χ3v) is 11.8. The highest BCUT2D eigenvalue weighted by Crippen LogP contribution is 2.63. The molecule has 3 unspecified atom stereocenters. The molecule has 6 atom stereocenters. The van der Waals surface area contributed by atoms with Crippen molar-refractivity contribution in [2.75, 3.05) is 0 Å². The van der Waals surface area contributed by atoms with Gasteiger partial charge in [0.1, 0.15) is 11.9 Å². The second-order valence-corrected chi connectivity index (χ2v) is 15.1. The number of ether oxygens (including phenoxy) is 2. The number of benzene rings is 2. The fourth-order valence-corrected chi connectivity index (χ4v) is 9.42. The van der Waals surface area contributed by atoms with Crippen molar-refractivity contribution < 1.29 is 23.9 Å². The van der Waals surface area contributed by atoms with Gasteiger partial charge < -0.3 is 9.47 Å². The van der Waals surface area contributed by atoms with Gasteiger partial charge in [0.2, 0.25) is 0 Å². The Morgan fingerprint density at radius 1 is 0.896 bits per heavy atom. The van der Waals surface area contributed by atoms with Crippen LogP contribution >= 0.6 is 0 Å². The first-order valence-corrected chi connectivity index (χ1v) is 19.1. The molecule has 5 rings (SSSR count). The molecular formula is C43H58O5. The minimum absolute atomic E-state index is 0.00490. The van der Waals surface area contributed by atoms with Crippen molar-refractivity contribution >= 4 is 17.7 Å². The normalized spacial score (nSPS) is 26.0. The van der Waals surface area contributed by atoms with Crippen LogP contribution in [0.4, 0.5) is 0 Å². The Morgan fingerprint density at radius 2 is 1.62 bits per heavy atom. The Labute approximate surface area is 289 Å². The summed E-state index contributed by atoms with van der Waals surface area (Å²) in [6, 6.07) is 15.4. The van der Waals surface area contributed by atoms with E-state index < -0.39 is 0 Å². The predicted octanol–water partition coefficient (Wildman–Crippen LogP) is 10.7. The van der Waals surface area contributed by atoms with Crippen LogP contribution in [0.5, 0.6) is 5.75 Å². The molecule has 3 aliphatic carbocycles. The predicted molar refractivity (Wildman–Crippen MR) is 192 cm³/mol. The van der Waals surface area contributed by atoms with Crippen molar-refractivity contribution in [1.29, 1.82) is 0 Å². The summed E-state index contributed by atoms with van der Waals surface area (Å²) in [6.45, 7) is 6.15. The Hall–Kier alpha value is -3.21. The van der Waals surface area contributed by atoms with E-state index in [0.29, 0.717) is 41.4 Å². The molecule has 5 heteroatoms. The maximum atomic E-state index is 12.8. The largest absolute Gasteiger partial charge is 0.462 e. The van der Waals surface area contributed by atoms with Gasteiger partial charge in [-0.15, -0.1) is 0 Å². The standard InChI is InChI=1S/C43H58O5/c1-4-5-6-7-8-9-10-11-15-21-35(45)22-17-16-20-33-29-34-30-36(48-42(46)32-18-13-12-14-19-32)23-24-37(34)38-27-28-43(3)39(41(33)38)25-26-40(43)47-31(2)44/h12-14,17-19,22-24,30,33,38-41H,4-11,15-16,20-21,25-29H2,1-3H3/t33-,38?,39?,40+,41?,43+/m1/s1. The number of carbonyl (C=O) groups is 3. The van der Waals surface area contributed by atoms with Gasteiger partial charge in [-0.05, 0) is 117 Å². The third kappa shape index (κ3) is 9.07. The molecule has 3 aliphatic rings. The van der Waals surface area contributed by atoms with Crippen LogP contribution in [0.15, 0.2) is 60.7 Å². The quantitative estimate of drug-likeness (QED) is 0.0735. The van der Waals surface area contributed by atoms with Gasteiger partial charge in [-0.25, -0.2) is 4.79 Å². The molecule has 0 bridgehead atoms. The molecule has 2 aromatic carbocycles. The first-order chi connectivity index (χ1) is 23.3. The topological polar surface area (TPSA) is 69.7 Å². The van der Waals surface area contributed by atoms with Crippen molar-refractivity contribution in [2.24, 2.45) is 23.2 Å². The van der Waals surface area contributed by atoms with Gasteiger partial charge in [-0.2, -0.15) is 0 Å². The second kappa shape index (κ2) is 17.4. The van der Waals surface area contributed by atoms with E-state index in [1.807, 2.05) is 30.3 Å². The Morgan fingerprint density at radius 3 is 2.35 bits per heavy atom. The second-order valence-electron chi connectivity index (χ2n) is 15.1. The molecule has 2 fully saturated rings. The van der Waals surface area contributed by atoms with Gasteiger partial charge in [0, 0.05) is 18.8 Å². The Bertz CT molecular complexity index is 1400. The van der Waals surface area contributed by atoms with Crippen LogP contribution in [0.25, 0.3) is 0 Å². The van der Waals surface area contributed by atoms with E-state index in [1.165, 1.54) is 63.0 Å². The van der Waals surface area contributed by atoms with E-state index in [4.69, 9.17) is 9.47 Å². The van der Waals surface area contributed by atoms with Crippen LogP contribution in [0, 0.1) is 23.2 Å². The van der Waals surface area contributed by atoms with Crippen molar-refractivity contribution in [2.45, 2.75) is 142 Å². The molecule has 260 valence electrons. The molecule has 48 heavy (non-hydrogen) atoms. The third-order valence-electron chi connectivity index (χ3n) is 11.8. The lowest BCUT2D eigenvalue weighted by Gasteiger charge is -2.53. The molecule has 0 spiro atoms. The smallest absolute Gasteiger partial charge is 0.343 e. The number of rotatable bonds is 17. The molecule has 0 saturated heterocycles. The maximum Gasteiger partial charge on any atom is 0.343 e. The molecule has 2 saturated carbocycles. The minimum Gasteiger partial charge on any atom is -0.462 e. The number of esters is 2. The SMILES string of the molecule is CCCCCCCCCCCC(=O)C=CCC[C@@H]1Cc2cc(OC(=O)c3ccccc3)ccc2C2CC[C@@]3(C)C(CC[C@@H]3OC(C)=O)C21. The highest BCUT2D eigenvalue weighted by atomic mass is 16.5. The highest BCUT2D eigenvalue weighted by molar-refractivity contribution is 5.91. The van der Waals surface area contributed by atoms with Crippen LogP contribution in [0.3, 0.4) is 0 Å². The van der Waals surface area contributed by atoms with Crippen LogP contribution in [0.2, 0.25) is 0 Å². The zero-order chi connectivity index (χ0) is 33.9. The fourth-order valence-electron chi connectivity index (χ4n) is 9.42. The first kappa shape index (κ1) is 36.1. The fraction of sp³-hybridized carbons (Fsp3) is 0.605. The average Bonchev–Trinajstić information content (AvgIpc) is 3.41. The summed E-state index contributed by atoms with van der Waals surface area (Å²) in [5, 5.41) is 0. The van der Waals surface area contributed by atoms with Crippen molar-refractivity contribution in [1.82, 2.24) is 0 Å². The highest BCUT2D eigenvalue weighted by Gasteiger charge is 2.58. The number of ketones is 1. The van der Waals surface area contributed by atoms with Gasteiger partial charge in [-0.3, -0.25) is 9.59 Å². The summed E-state index contributed by atoms with van der Waals surface area (Å²) in [4.78, 5) is 37.5. The molecular weight excluding hydrogens is 596 g/mol. The van der Waals surface area contributed by atoms with Crippen molar-refractivity contribution in [3.05, 3.63) is 77.4 Å². The molecule has 0 heterocycles. The zero-order valence-electron chi connectivity index (χ0n) is 29.7. The molecule has 0 aromatic heterocycles.